The Bertz CT molecular complexity index is 170. The number of hydroxylamine groups is 1. The maximum Gasteiger partial charge on any atom is 0.527 e. The van der Waals surface area contributed by atoms with Crippen molar-refractivity contribution in [3.63, 3.8) is 0 Å². The molecule has 0 aromatic rings. The Hall–Kier alpha value is -1.30. The summed E-state index contributed by atoms with van der Waals surface area (Å²) in [4.78, 5) is 24.8. The number of hydrogen-bond acceptors (Lipinski definition) is 5. The van der Waals surface area contributed by atoms with Crippen LogP contribution in [0.3, 0.4) is 0 Å². The minimum atomic E-state index is -1.11. The number of carbonyl (C=O) groups is 2. The van der Waals surface area contributed by atoms with Crippen molar-refractivity contribution in [1.82, 2.24) is 5.48 Å². The van der Waals surface area contributed by atoms with E-state index < -0.39 is 18.7 Å². The number of nitrogens with one attached hydrogen (secondary N) is 1. The molecule has 0 unspecified atom stereocenters. The van der Waals surface area contributed by atoms with Crippen molar-refractivity contribution in [3.05, 3.63) is 0 Å². The molecule has 0 aromatic heterocycles. The predicted octanol–water partition coefficient (Wildman–Crippen LogP) is 0.529. The summed E-state index contributed by atoms with van der Waals surface area (Å²) in [5, 5.41) is 8.15. The van der Waals surface area contributed by atoms with E-state index in [0.717, 1.165) is 12.8 Å². The monoisotopic (exact) mass is 191 g/mol. The average molecular weight is 191 g/mol. The van der Waals surface area contributed by atoms with Gasteiger partial charge >= 0.3 is 12.1 Å². The highest BCUT2D eigenvalue weighted by molar-refractivity contribution is 5.69. The van der Waals surface area contributed by atoms with E-state index in [0.29, 0.717) is 0 Å². The fraction of sp³-hybridized carbons (Fsp3) is 0.714. The second-order valence-electron chi connectivity index (χ2n) is 2.27. The lowest BCUT2D eigenvalue weighted by molar-refractivity contribution is -0.138. The van der Waals surface area contributed by atoms with Gasteiger partial charge in [0.15, 0.2) is 0 Å². The number of aliphatic carboxylic acids is 1. The minimum Gasteiger partial charge on any atom is -0.480 e. The first-order valence-electron chi connectivity index (χ1n) is 3.95. The molecule has 0 aliphatic carbocycles. The highest BCUT2D eigenvalue weighted by Crippen LogP contribution is 1.89. The van der Waals surface area contributed by atoms with Crippen LogP contribution in [0, 0.1) is 0 Å². The normalized spacial score (nSPS) is 9.31. The molecule has 0 amide bonds. The van der Waals surface area contributed by atoms with Crippen LogP contribution in [0.15, 0.2) is 0 Å². The Morgan fingerprint density at radius 1 is 1.46 bits per heavy atom. The second kappa shape index (κ2) is 7.35. The number of carbonyl (C=O) groups excluding carboxylic acids is 1. The first-order chi connectivity index (χ1) is 6.16. The fourth-order valence-electron chi connectivity index (χ4n) is 0.486. The summed E-state index contributed by atoms with van der Waals surface area (Å²) in [5.41, 5.74) is 1.94. The van der Waals surface area contributed by atoms with Crippen LogP contribution < -0.4 is 5.48 Å². The summed E-state index contributed by atoms with van der Waals surface area (Å²) >= 11 is 0. The Labute approximate surface area is 75.8 Å². The molecular formula is C7H13NO5. The Morgan fingerprint density at radius 2 is 2.15 bits per heavy atom. The van der Waals surface area contributed by atoms with Gasteiger partial charge in [-0.1, -0.05) is 13.3 Å². The van der Waals surface area contributed by atoms with Crippen LogP contribution >= 0.6 is 0 Å². The third-order valence-corrected chi connectivity index (χ3v) is 1.10. The summed E-state index contributed by atoms with van der Waals surface area (Å²) in [6, 6.07) is 0. The summed E-state index contributed by atoms with van der Waals surface area (Å²) in [7, 11) is 0. The van der Waals surface area contributed by atoms with Crippen molar-refractivity contribution >= 4 is 12.1 Å². The van der Waals surface area contributed by atoms with Gasteiger partial charge in [0.1, 0.15) is 6.54 Å². The average Bonchev–Trinajstić information content (AvgIpc) is 2.04. The van der Waals surface area contributed by atoms with Crippen LogP contribution in [-0.2, 0) is 14.4 Å². The molecule has 2 N–H and O–H groups in total. The first kappa shape index (κ1) is 11.7. The molecule has 6 heteroatoms. The van der Waals surface area contributed by atoms with E-state index in [9.17, 15) is 9.59 Å². The van der Waals surface area contributed by atoms with Gasteiger partial charge in [-0.05, 0) is 6.42 Å². The number of unbranched alkanes of at least 4 members (excludes halogenated alkanes) is 1. The lowest BCUT2D eigenvalue weighted by Crippen LogP contribution is -2.26. The van der Waals surface area contributed by atoms with Gasteiger partial charge in [-0.2, -0.15) is 0 Å². The number of carboxylic acid groups (broad SMARTS) is 1. The molecule has 0 atom stereocenters. The molecule has 0 aliphatic heterocycles. The van der Waals surface area contributed by atoms with Gasteiger partial charge in [0.05, 0.1) is 6.61 Å². The lowest BCUT2D eigenvalue weighted by Gasteiger charge is -2.03. The van der Waals surface area contributed by atoms with Gasteiger partial charge < -0.3 is 14.7 Å². The van der Waals surface area contributed by atoms with Crippen molar-refractivity contribution in [2.24, 2.45) is 0 Å². The van der Waals surface area contributed by atoms with Crippen molar-refractivity contribution in [1.29, 1.82) is 0 Å². The van der Waals surface area contributed by atoms with Gasteiger partial charge in [0.2, 0.25) is 0 Å². The Balaban J connectivity index is 3.25. The molecule has 0 radical (unpaired) electrons. The summed E-state index contributed by atoms with van der Waals surface area (Å²) in [6.07, 6.45) is 0.763. The van der Waals surface area contributed by atoms with E-state index in [-0.39, 0.29) is 6.61 Å². The van der Waals surface area contributed by atoms with Crippen LogP contribution in [0.25, 0.3) is 0 Å². The maximum atomic E-state index is 10.6. The van der Waals surface area contributed by atoms with Gasteiger partial charge in [-0.25, -0.2) is 4.79 Å². The molecule has 0 fully saturated rings. The number of rotatable bonds is 6. The molecule has 0 heterocycles. The zero-order valence-corrected chi connectivity index (χ0v) is 7.41. The first-order valence-corrected chi connectivity index (χ1v) is 3.95. The van der Waals surface area contributed by atoms with Gasteiger partial charge in [-0.3, -0.25) is 4.79 Å². The molecule has 0 saturated carbocycles. The van der Waals surface area contributed by atoms with Crippen molar-refractivity contribution < 1.29 is 24.3 Å². The molecule has 0 aromatic carbocycles. The van der Waals surface area contributed by atoms with E-state index in [1.807, 2.05) is 12.4 Å². The molecule has 0 bridgehead atoms. The largest absolute Gasteiger partial charge is 0.527 e. The zero-order valence-electron chi connectivity index (χ0n) is 7.41. The Kier molecular flexibility index (Phi) is 6.62. The zero-order chi connectivity index (χ0) is 10.1. The SMILES string of the molecule is CCCCOC(=O)ONCC(=O)O. The van der Waals surface area contributed by atoms with Crippen LogP contribution in [-0.4, -0.2) is 30.4 Å². The van der Waals surface area contributed by atoms with Crippen LogP contribution in [0.5, 0.6) is 0 Å². The van der Waals surface area contributed by atoms with Crippen molar-refractivity contribution in [2.75, 3.05) is 13.2 Å². The van der Waals surface area contributed by atoms with E-state index in [2.05, 4.69) is 9.57 Å². The van der Waals surface area contributed by atoms with E-state index in [4.69, 9.17) is 5.11 Å². The number of ether oxygens (including phenoxy) is 1. The predicted molar refractivity (Wildman–Crippen MR) is 43.0 cm³/mol. The topological polar surface area (TPSA) is 84.9 Å². The van der Waals surface area contributed by atoms with E-state index in [1.54, 1.807) is 0 Å². The van der Waals surface area contributed by atoms with E-state index >= 15 is 0 Å². The minimum absolute atomic E-state index is 0.282. The highest BCUT2D eigenvalue weighted by atomic mass is 16.8. The molecule has 6 nitrogen and oxygen atoms in total. The molecular weight excluding hydrogens is 178 g/mol. The maximum absolute atomic E-state index is 10.6. The lowest BCUT2D eigenvalue weighted by atomic mass is 10.4. The second-order valence-corrected chi connectivity index (χ2v) is 2.27. The molecule has 0 rings (SSSR count). The third-order valence-electron chi connectivity index (χ3n) is 1.10. The van der Waals surface area contributed by atoms with Crippen molar-refractivity contribution in [2.45, 2.75) is 19.8 Å². The van der Waals surface area contributed by atoms with Crippen LogP contribution in [0.4, 0.5) is 4.79 Å². The summed E-state index contributed by atoms with van der Waals surface area (Å²) < 4.78 is 4.55. The smallest absolute Gasteiger partial charge is 0.480 e. The molecule has 0 spiro atoms. The number of carboxylic acids is 1. The summed E-state index contributed by atoms with van der Waals surface area (Å²) in [5.74, 6) is -1.11. The van der Waals surface area contributed by atoms with Gasteiger partial charge in [0, 0.05) is 0 Å². The van der Waals surface area contributed by atoms with E-state index in [1.165, 1.54) is 0 Å². The van der Waals surface area contributed by atoms with Crippen molar-refractivity contribution in [3.8, 4) is 0 Å². The van der Waals surface area contributed by atoms with Gasteiger partial charge in [-0.15, -0.1) is 5.48 Å². The summed E-state index contributed by atoms with van der Waals surface area (Å²) in [6.45, 7) is 1.80. The fourth-order valence-corrected chi connectivity index (χ4v) is 0.486. The third kappa shape index (κ3) is 8.61. The number of hydrogen-bond donors (Lipinski definition) is 2. The molecule has 0 aliphatic rings. The molecule has 13 heavy (non-hydrogen) atoms. The standard InChI is InChI=1S/C7H13NO5/c1-2-3-4-12-7(11)13-8-5-6(9)10/h8H,2-5H2,1H3,(H,9,10). The van der Waals surface area contributed by atoms with Gasteiger partial charge in [0.25, 0.3) is 0 Å². The molecule has 76 valence electrons. The molecule has 0 saturated heterocycles. The van der Waals surface area contributed by atoms with Crippen LogP contribution in [0.1, 0.15) is 19.8 Å². The quantitative estimate of drug-likeness (QED) is 0.362. The Morgan fingerprint density at radius 3 is 2.69 bits per heavy atom. The van der Waals surface area contributed by atoms with Crippen LogP contribution in [0.2, 0.25) is 0 Å². The highest BCUT2D eigenvalue weighted by Gasteiger charge is 2.04.